The molecule has 0 amide bonds. The average molecular weight is 354 g/mol. The molecule has 0 aliphatic rings. The van der Waals surface area contributed by atoms with Gasteiger partial charge in [-0.05, 0) is 35.3 Å². The first-order valence-corrected chi connectivity index (χ1v) is 11.3. The quantitative estimate of drug-likeness (QED) is 0.600. The Bertz CT molecular complexity index is 581. The lowest BCUT2D eigenvalue weighted by Crippen LogP contribution is -2.25. The lowest BCUT2D eigenvalue weighted by Gasteiger charge is -2.24. The van der Waals surface area contributed by atoms with Crippen molar-refractivity contribution in [2.45, 2.75) is 25.7 Å². The van der Waals surface area contributed by atoms with E-state index in [9.17, 15) is 0 Å². The van der Waals surface area contributed by atoms with Crippen molar-refractivity contribution in [3.05, 3.63) is 24.3 Å². The van der Waals surface area contributed by atoms with Gasteiger partial charge < -0.3 is 0 Å². The molecule has 0 unspecified atom stereocenters. The average Bonchev–Trinajstić information content (AvgIpc) is 2.62. The topological polar surface area (TPSA) is 95.2 Å². The van der Waals surface area contributed by atoms with E-state index < -0.39 is 15.8 Å². The lowest BCUT2D eigenvalue weighted by molar-refractivity contribution is 1.18. The van der Waals surface area contributed by atoms with Crippen LogP contribution in [-0.2, 0) is 0 Å². The van der Waals surface area contributed by atoms with Gasteiger partial charge in [-0.25, -0.2) is 0 Å². The summed E-state index contributed by atoms with van der Waals surface area (Å²) in [7, 11) is -1.09. The molecule has 4 nitrogen and oxygen atoms in total. The van der Waals surface area contributed by atoms with Gasteiger partial charge in [-0.2, -0.15) is 21.0 Å². The Morgan fingerprint density at radius 2 is 0.875 bits per heavy atom. The largest absolute Gasteiger partial charge is 0.198 e. The molecule has 1 aromatic rings. The Labute approximate surface area is 146 Å². The second-order valence-electron chi connectivity index (χ2n) is 5.10. The molecule has 24 heavy (non-hydrogen) atoms. The summed E-state index contributed by atoms with van der Waals surface area (Å²) in [6, 6.07) is 17.1. The first kappa shape index (κ1) is 20.1. The van der Waals surface area contributed by atoms with Gasteiger partial charge >= 0.3 is 0 Å². The maximum Gasteiger partial charge on any atom is 0.0625 e. The van der Waals surface area contributed by atoms with Crippen molar-refractivity contribution in [1.82, 2.24) is 0 Å². The van der Waals surface area contributed by atoms with Crippen LogP contribution < -0.4 is 10.6 Å². The maximum absolute atomic E-state index is 8.93. The van der Waals surface area contributed by atoms with Crippen molar-refractivity contribution in [3.63, 3.8) is 0 Å². The van der Waals surface area contributed by atoms with Gasteiger partial charge in [-0.3, -0.25) is 0 Å². The minimum atomic E-state index is -0.545. The van der Waals surface area contributed by atoms with Crippen molar-refractivity contribution in [1.29, 1.82) is 21.0 Å². The van der Waals surface area contributed by atoms with Crippen LogP contribution in [0.15, 0.2) is 24.3 Å². The third kappa shape index (κ3) is 6.66. The molecule has 0 fully saturated rings. The van der Waals surface area contributed by atoms with E-state index in [2.05, 4.69) is 36.4 Å². The number of hydrogen-bond donors (Lipinski definition) is 0. The number of nitriles is 4. The van der Waals surface area contributed by atoms with E-state index >= 15 is 0 Å². The smallest absolute Gasteiger partial charge is 0.0625 e. The third-order valence-electron chi connectivity index (χ3n) is 3.54. The Kier molecular flexibility index (Phi) is 10.4. The predicted octanol–water partition coefficient (Wildman–Crippen LogP) is 3.56. The first-order valence-electron chi connectivity index (χ1n) is 7.85. The van der Waals surface area contributed by atoms with Gasteiger partial charge in [0.1, 0.15) is 0 Å². The Morgan fingerprint density at radius 3 is 1.12 bits per heavy atom. The number of rotatable bonds is 10. The highest BCUT2D eigenvalue weighted by molar-refractivity contribution is 7.72. The third-order valence-corrected chi connectivity index (χ3v) is 8.91. The molecule has 0 aliphatic carbocycles. The molecular weight excluding hydrogens is 334 g/mol. The van der Waals surface area contributed by atoms with Gasteiger partial charge in [0.15, 0.2) is 0 Å². The zero-order chi connectivity index (χ0) is 17.6. The molecule has 0 atom stereocenters. The van der Waals surface area contributed by atoms with Crippen molar-refractivity contribution >= 4 is 26.5 Å². The summed E-state index contributed by atoms with van der Waals surface area (Å²) >= 11 is 0. The highest BCUT2D eigenvalue weighted by Gasteiger charge is 2.19. The van der Waals surface area contributed by atoms with Crippen LogP contribution in [0, 0.1) is 45.3 Å². The van der Waals surface area contributed by atoms with Gasteiger partial charge in [0.05, 0.1) is 24.3 Å². The van der Waals surface area contributed by atoms with Crippen LogP contribution >= 0.6 is 15.8 Å². The standard InChI is InChI=1S/C18H20N4P2/c19-9-3-13-23(14-4-10-20)17-7-1-2-8-18(17)24(15-5-11-21)16-6-12-22/h1-2,7-8H,3-6,13-16H2. The van der Waals surface area contributed by atoms with Crippen LogP contribution in [0.25, 0.3) is 0 Å². The second-order valence-corrected chi connectivity index (χ2v) is 10.0. The Morgan fingerprint density at radius 1 is 0.583 bits per heavy atom. The van der Waals surface area contributed by atoms with Gasteiger partial charge in [-0.15, -0.1) is 0 Å². The van der Waals surface area contributed by atoms with Gasteiger partial charge in [0.25, 0.3) is 0 Å². The fourth-order valence-corrected chi connectivity index (χ4v) is 7.57. The molecule has 0 aromatic heterocycles. The van der Waals surface area contributed by atoms with Crippen LogP contribution in [-0.4, -0.2) is 24.6 Å². The van der Waals surface area contributed by atoms with E-state index in [1.807, 2.05) is 12.1 Å². The van der Waals surface area contributed by atoms with E-state index in [0.29, 0.717) is 25.7 Å². The summed E-state index contributed by atoms with van der Waals surface area (Å²) in [6.45, 7) is 0. The molecular formula is C18H20N4P2. The molecule has 0 bridgehead atoms. The lowest BCUT2D eigenvalue weighted by atomic mass is 10.4. The van der Waals surface area contributed by atoms with Crippen LogP contribution in [0.4, 0.5) is 0 Å². The molecule has 0 spiro atoms. The molecule has 122 valence electrons. The molecule has 0 heterocycles. The normalized spacial score (nSPS) is 9.92. The molecule has 6 heteroatoms. The predicted molar refractivity (Wildman–Crippen MR) is 99.9 cm³/mol. The molecule has 0 N–H and O–H groups in total. The van der Waals surface area contributed by atoms with E-state index in [1.54, 1.807) is 0 Å². The van der Waals surface area contributed by atoms with E-state index in [4.69, 9.17) is 21.0 Å². The number of nitrogens with zero attached hydrogens (tertiary/aromatic N) is 4. The molecule has 1 rings (SSSR count). The second kappa shape index (κ2) is 12.5. The highest BCUT2D eigenvalue weighted by Crippen LogP contribution is 2.41. The zero-order valence-corrected chi connectivity index (χ0v) is 15.4. The Hall–Kier alpha value is -1.96. The Balaban J connectivity index is 3.12. The first-order chi connectivity index (χ1) is 11.8. The fourth-order valence-electron chi connectivity index (χ4n) is 2.44. The number of benzene rings is 1. The molecule has 0 aliphatic heterocycles. The summed E-state index contributed by atoms with van der Waals surface area (Å²) in [5.74, 6) is 0. The summed E-state index contributed by atoms with van der Waals surface area (Å²) in [4.78, 5) is 0. The van der Waals surface area contributed by atoms with E-state index in [0.717, 1.165) is 24.6 Å². The van der Waals surface area contributed by atoms with Gasteiger partial charge in [0.2, 0.25) is 0 Å². The minimum absolute atomic E-state index is 0.500. The highest BCUT2D eigenvalue weighted by atomic mass is 31.1. The minimum Gasteiger partial charge on any atom is -0.198 e. The number of hydrogen-bond acceptors (Lipinski definition) is 4. The summed E-state index contributed by atoms with van der Waals surface area (Å²) in [5, 5.41) is 38.2. The van der Waals surface area contributed by atoms with Crippen molar-refractivity contribution in [2.24, 2.45) is 0 Å². The summed E-state index contributed by atoms with van der Waals surface area (Å²) in [5.41, 5.74) is 0. The molecule has 0 saturated heterocycles. The molecule has 0 radical (unpaired) electrons. The summed E-state index contributed by atoms with van der Waals surface area (Å²) < 4.78 is 0. The van der Waals surface area contributed by atoms with Crippen molar-refractivity contribution in [3.8, 4) is 24.3 Å². The van der Waals surface area contributed by atoms with Gasteiger partial charge in [0, 0.05) is 25.7 Å². The van der Waals surface area contributed by atoms with Crippen LogP contribution in [0.3, 0.4) is 0 Å². The SMILES string of the molecule is N#CCCP(CCC#N)c1ccccc1P(CCC#N)CCC#N. The molecule has 0 saturated carbocycles. The van der Waals surface area contributed by atoms with E-state index in [-0.39, 0.29) is 0 Å². The van der Waals surface area contributed by atoms with Gasteiger partial charge in [-0.1, -0.05) is 40.1 Å². The van der Waals surface area contributed by atoms with Crippen LogP contribution in [0.1, 0.15) is 25.7 Å². The van der Waals surface area contributed by atoms with Crippen molar-refractivity contribution in [2.75, 3.05) is 24.6 Å². The zero-order valence-electron chi connectivity index (χ0n) is 13.6. The monoisotopic (exact) mass is 354 g/mol. The van der Waals surface area contributed by atoms with Crippen LogP contribution in [0.5, 0.6) is 0 Å². The summed E-state index contributed by atoms with van der Waals surface area (Å²) in [6.07, 6.45) is 5.24. The fraction of sp³-hybridized carbons (Fsp3) is 0.444. The van der Waals surface area contributed by atoms with Crippen molar-refractivity contribution < 1.29 is 0 Å². The molecule has 1 aromatic carbocycles. The van der Waals surface area contributed by atoms with E-state index in [1.165, 1.54) is 10.6 Å². The maximum atomic E-state index is 8.93. The van der Waals surface area contributed by atoms with Crippen LogP contribution in [0.2, 0.25) is 0 Å².